The molecule has 2 atom stereocenters. The van der Waals surface area contributed by atoms with Crippen LogP contribution in [0.5, 0.6) is 0 Å². The Morgan fingerprint density at radius 3 is 2.76 bits per heavy atom. The van der Waals surface area contributed by atoms with E-state index >= 15 is 0 Å². The van der Waals surface area contributed by atoms with Crippen LogP contribution >= 0.6 is 0 Å². The van der Waals surface area contributed by atoms with Gasteiger partial charge in [0.05, 0.1) is 12.1 Å². The number of hydrogen-bond acceptors (Lipinski definition) is 3. The molecule has 17 heavy (non-hydrogen) atoms. The van der Waals surface area contributed by atoms with Gasteiger partial charge in [-0.1, -0.05) is 13.8 Å². The second-order valence-electron chi connectivity index (χ2n) is 5.49. The molecule has 0 radical (unpaired) electrons. The molecular formula is C13H24N2O2. The molecule has 4 nitrogen and oxygen atoms in total. The Balaban J connectivity index is 1.66. The predicted molar refractivity (Wildman–Crippen MR) is 66.8 cm³/mol. The van der Waals surface area contributed by atoms with Crippen molar-refractivity contribution in [3.05, 3.63) is 0 Å². The monoisotopic (exact) mass is 240 g/mol. The summed E-state index contributed by atoms with van der Waals surface area (Å²) in [7, 11) is 0. The van der Waals surface area contributed by atoms with Crippen LogP contribution in [-0.2, 0) is 9.53 Å². The fourth-order valence-corrected chi connectivity index (χ4v) is 2.41. The van der Waals surface area contributed by atoms with Crippen LogP contribution < -0.4 is 10.6 Å². The van der Waals surface area contributed by atoms with Crippen LogP contribution in [0.1, 0.15) is 39.5 Å². The number of hydrogen-bond donors (Lipinski definition) is 2. The van der Waals surface area contributed by atoms with Crippen LogP contribution in [0.4, 0.5) is 0 Å². The number of rotatable bonds is 6. The third-order valence-corrected chi connectivity index (χ3v) is 3.47. The first-order chi connectivity index (χ1) is 8.16. The van der Waals surface area contributed by atoms with E-state index in [2.05, 4.69) is 24.5 Å². The summed E-state index contributed by atoms with van der Waals surface area (Å²) in [6, 6.07) is 0.700. The summed E-state index contributed by atoms with van der Waals surface area (Å²) in [6.07, 6.45) is 4.37. The Morgan fingerprint density at radius 2 is 2.12 bits per heavy atom. The van der Waals surface area contributed by atoms with Gasteiger partial charge in [0, 0.05) is 25.6 Å². The molecule has 2 unspecified atom stereocenters. The van der Waals surface area contributed by atoms with Gasteiger partial charge in [-0.05, 0) is 25.2 Å². The standard InChI is InChI=1S/C13H24N2O2/c1-9(2)14-7-5-12(16)15-11-6-8-17-13(11)10-3-4-10/h9-11,13-14H,3-8H2,1-2H3,(H,15,16). The van der Waals surface area contributed by atoms with Crippen molar-refractivity contribution in [3.8, 4) is 0 Å². The lowest BCUT2D eigenvalue weighted by molar-refractivity contribution is -0.122. The lowest BCUT2D eigenvalue weighted by atomic mass is 10.1. The van der Waals surface area contributed by atoms with Gasteiger partial charge in [0.15, 0.2) is 0 Å². The molecule has 1 aliphatic carbocycles. The van der Waals surface area contributed by atoms with Gasteiger partial charge in [-0.2, -0.15) is 0 Å². The first-order valence-electron chi connectivity index (χ1n) is 6.81. The normalized spacial score (nSPS) is 28.6. The Kier molecular flexibility index (Phi) is 4.40. The highest BCUT2D eigenvalue weighted by Crippen LogP contribution is 2.38. The van der Waals surface area contributed by atoms with Gasteiger partial charge in [-0.25, -0.2) is 0 Å². The summed E-state index contributed by atoms with van der Waals surface area (Å²) < 4.78 is 5.70. The third kappa shape index (κ3) is 3.96. The highest BCUT2D eigenvalue weighted by atomic mass is 16.5. The SMILES string of the molecule is CC(C)NCCC(=O)NC1CCOC1C1CC1. The molecule has 2 fully saturated rings. The highest BCUT2D eigenvalue weighted by Gasteiger charge is 2.41. The molecule has 0 aromatic carbocycles. The molecule has 0 aromatic rings. The molecule has 2 N–H and O–H groups in total. The van der Waals surface area contributed by atoms with E-state index < -0.39 is 0 Å². The van der Waals surface area contributed by atoms with Gasteiger partial charge < -0.3 is 15.4 Å². The molecule has 0 spiro atoms. The van der Waals surface area contributed by atoms with E-state index in [0.29, 0.717) is 18.4 Å². The van der Waals surface area contributed by atoms with Gasteiger partial charge in [0.1, 0.15) is 0 Å². The van der Waals surface area contributed by atoms with E-state index in [-0.39, 0.29) is 18.1 Å². The Morgan fingerprint density at radius 1 is 1.35 bits per heavy atom. The minimum atomic E-state index is 0.152. The maximum atomic E-state index is 11.8. The molecule has 1 amide bonds. The van der Waals surface area contributed by atoms with Crippen molar-refractivity contribution >= 4 is 5.91 Å². The number of ether oxygens (including phenoxy) is 1. The summed E-state index contributed by atoms with van der Waals surface area (Å²) in [6.45, 7) is 5.74. The number of carbonyl (C=O) groups excluding carboxylic acids is 1. The van der Waals surface area contributed by atoms with Crippen molar-refractivity contribution in [1.29, 1.82) is 0 Å². The summed E-state index contributed by atoms with van der Waals surface area (Å²) in [5.74, 6) is 0.857. The van der Waals surface area contributed by atoms with Crippen molar-refractivity contribution in [2.24, 2.45) is 5.92 Å². The Hall–Kier alpha value is -0.610. The molecule has 4 heteroatoms. The Bertz CT molecular complexity index is 264. The fraction of sp³-hybridized carbons (Fsp3) is 0.923. The van der Waals surface area contributed by atoms with Crippen LogP contribution in [0.25, 0.3) is 0 Å². The lowest BCUT2D eigenvalue weighted by Gasteiger charge is -2.19. The second kappa shape index (κ2) is 5.83. The molecule has 1 aliphatic heterocycles. The molecular weight excluding hydrogens is 216 g/mol. The topological polar surface area (TPSA) is 50.4 Å². The van der Waals surface area contributed by atoms with Gasteiger partial charge in [0.25, 0.3) is 0 Å². The summed E-state index contributed by atoms with van der Waals surface area (Å²) in [5, 5.41) is 6.38. The molecule has 2 rings (SSSR count). The van der Waals surface area contributed by atoms with Gasteiger partial charge in [-0.15, -0.1) is 0 Å². The zero-order valence-corrected chi connectivity index (χ0v) is 10.9. The molecule has 2 aliphatic rings. The quantitative estimate of drug-likeness (QED) is 0.730. The summed E-state index contributed by atoms with van der Waals surface area (Å²) in [5.41, 5.74) is 0. The summed E-state index contributed by atoms with van der Waals surface area (Å²) >= 11 is 0. The van der Waals surface area contributed by atoms with Crippen LogP contribution in [0.3, 0.4) is 0 Å². The van der Waals surface area contributed by atoms with E-state index in [1.54, 1.807) is 0 Å². The number of carbonyl (C=O) groups is 1. The molecule has 0 aromatic heterocycles. The van der Waals surface area contributed by atoms with Crippen molar-refractivity contribution < 1.29 is 9.53 Å². The minimum absolute atomic E-state index is 0.152. The molecule has 1 heterocycles. The number of nitrogens with one attached hydrogen (secondary N) is 2. The molecule has 0 bridgehead atoms. The van der Waals surface area contributed by atoms with E-state index in [0.717, 1.165) is 19.6 Å². The predicted octanol–water partition coefficient (Wildman–Crippen LogP) is 1.06. The average molecular weight is 240 g/mol. The highest BCUT2D eigenvalue weighted by molar-refractivity contribution is 5.76. The van der Waals surface area contributed by atoms with Crippen molar-refractivity contribution in [2.75, 3.05) is 13.2 Å². The fourth-order valence-electron chi connectivity index (χ4n) is 2.41. The Labute approximate surface area is 103 Å². The zero-order valence-electron chi connectivity index (χ0n) is 10.9. The van der Waals surface area contributed by atoms with Crippen molar-refractivity contribution in [3.63, 3.8) is 0 Å². The second-order valence-corrected chi connectivity index (χ2v) is 5.49. The maximum absolute atomic E-state index is 11.8. The van der Waals surface area contributed by atoms with E-state index in [4.69, 9.17) is 4.74 Å². The minimum Gasteiger partial charge on any atom is -0.376 e. The molecule has 1 saturated heterocycles. The van der Waals surface area contributed by atoms with Crippen LogP contribution in [0, 0.1) is 5.92 Å². The zero-order chi connectivity index (χ0) is 12.3. The number of amides is 1. The van der Waals surface area contributed by atoms with Gasteiger partial charge in [-0.3, -0.25) is 4.79 Å². The van der Waals surface area contributed by atoms with E-state index in [9.17, 15) is 4.79 Å². The van der Waals surface area contributed by atoms with Crippen molar-refractivity contribution in [1.82, 2.24) is 10.6 Å². The summed E-state index contributed by atoms with van der Waals surface area (Å²) in [4.78, 5) is 11.8. The van der Waals surface area contributed by atoms with Crippen molar-refractivity contribution in [2.45, 2.75) is 57.7 Å². The lowest BCUT2D eigenvalue weighted by Crippen LogP contribution is -2.42. The van der Waals surface area contributed by atoms with E-state index in [1.165, 1.54) is 12.8 Å². The molecule has 1 saturated carbocycles. The largest absolute Gasteiger partial charge is 0.376 e. The molecule has 98 valence electrons. The smallest absolute Gasteiger partial charge is 0.221 e. The van der Waals surface area contributed by atoms with Gasteiger partial charge in [0.2, 0.25) is 5.91 Å². The first-order valence-corrected chi connectivity index (χ1v) is 6.81. The van der Waals surface area contributed by atoms with Gasteiger partial charge >= 0.3 is 0 Å². The van der Waals surface area contributed by atoms with Crippen LogP contribution in [-0.4, -0.2) is 37.2 Å². The van der Waals surface area contributed by atoms with Crippen LogP contribution in [0.15, 0.2) is 0 Å². The average Bonchev–Trinajstić information content (AvgIpc) is 3.00. The third-order valence-electron chi connectivity index (χ3n) is 3.47. The maximum Gasteiger partial charge on any atom is 0.221 e. The van der Waals surface area contributed by atoms with E-state index in [1.807, 2.05) is 0 Å². The first kappa shape index (κ1) is 12.8. The van der Waals surface area contributed by atoms with Crippen LogP contribution in [0.2, 0.25) is 0 Å².